The maximum absolute atomic E-state index is 10.3. The van der Waals surface area contributed by atoms with Gasteiger partial charge in [0.1, 0.15) is 0 Å². The maximum Gasteiger partial charge on any atom is 0.229 e. The van der Waals surface area contributed by atoms with Gasteiger partial charge < -0.3 is 11.5 Å². The molecular formula is C8H10N4O. The van der Waals surface area contributed by atoms with Crippen LogP contribution < -0.4 is 11.5 Å². The van der Waals surface area contributed by atoms with Crippen molar-refractivity contribution in [2.24, 2.45) is 12.8 Å². The molecule has 1 amide bonds. The normalized spacial score (nSPS) is 9.00. The number of anilines is 1. The first-order valence-electron chi connectivity index (χ1n) is 3.66. The number of carbonyl (C=O) groups excluding carboxylic acids is 1. The third-order valence-electron chi connectivity index (χ3n) is 1.34. The molecule has 0 fully saturated rings. The Morgan fingerprint density at radius 2 is 2.46 bits per heavy atom. The Balaban J connectivity index is 2.77. The maximum atomic E-state index is 10.3. The molecule has 0 spiro atoms. The number of nitrogen functional groups attached to an aromatic ring is 1. The fourth-order valence-electron chi connectivity index (χ4n) is 0.828. The Hall–Kier alpha value is -1.96. The highest BCUT2D eigenvalue weighted by molar-refractivity contribution is 5.76. The van der Waals surface area contributed by atoms with Crippen LogP contribution in [-0.2, 0) is 11.8 Å². The van der Waals surface area contributed by atoms with Gasteiger partial charge in [0, 0.05) is 13.2 Å². The lowest BCUT2D eigenvalue weighted by atomic mass is 10.3. The summed E-state index contributed by atoms with van der Waals surface area (Å²) in [5.41, 5.74) is 11.0. The topological polar surface area (TPSA) is 86.9 Å². The second kappa shape index (κ2) is 3.63. The van der Waals surface area contributed by atoms with E-state index in [9.17, 15) is 4.79 Å². The molecule has 4 N–H and O–H groups in total. The van der Waals surface area contributed by atoms with E-state index in [0.717, 1.165) is 0 Å². The van der Waals surface area contributed by atoms with Gasteiger partial charge in [0.2, 0.25) is 5.91 Å². The Bertz CT molecular complexity index is 383. The lowest BCUT2D eigenvalue weighted by Crippen LogP contribution is -2.08. The second-order valence-corrected chi connectivity index (χ2v) is 2.55. The number of aromatic nitrogens is 2. The van der Waals surface area contributed by atoms with Crippen LogP contribution in [0.5, 0.6) is 0 Å². The van der Waals surface area contributed by atoms with E-state index < -0.39 is 5.91 Å². The first-order valence-corrected chi connectivity index (χ1v) is 3.66. The molecule has 0 bridgehead atoms. The van der Waals surface area contributed by atoms with Gasteiger partial charge in [-0.1, -0.05) is 11.8 Å². The molecule has 0 radical (unpaired) electrons. The van der Waals surface area contributed by atoms with Crippen LogP contribution in [0, 0.1) is 11.8 Å². The number of amides is 1. The summed E-state index contributed by atoms with van der Waals surface area (Å²) in [6, 6.07) is 0. The van der Waals surface area contributed by atoms with Crippen molar-refractivity contribution in [3.63, 3.8) is 0 Å². The molecule has 0 aromatic carbocycles. The summed E-state index contributed by atoms with van der Waals surface area (Å²) < 4.78 is 1.56. The molecule has 1 heterocycles. The van der Waals surface area contributed by atoms with E-state index in [1.54, 1.807) is 17.9 Å². The Labute approximate surface area is 75.7 Å². The lowest BCUT2D eigenvalue weighted by Gasteiger charge is -1.82. The molecular weight excluding hydrogens is 168 g/mol. The summed E-state index contributed by atoms with van der Waals surface area (Å²) in [6.07, 6.45) is 1.72. The molecule has 0 aliphatic heterocycles. The minimum absolute atomic E-state index is 0.0360. The number of aryl methyl sites for hydroxylation is 1. The summed E-state index contributed by atoms with van der Waals surface area (Å²) in [6.45, 7) is 0. The smallest absolute Gasteiger partial charge is 0.229 e. The van der Waals surface area contributed by atoms with Crippen molar-refractivity contribution >= 4 is 11.7 Å². The van der Waals surface area contributed by atoms with Gasteiger partial charge in [0.15, 0.2) is 5.82 Å². The van der Waals surface area contributed by atoms with Crippen LogP contribution in [0.3, 0.4) is 0 Å². The Morgan fingerprint density at radius 3 is 2.92 bits per heavy atom. The van der Waals surface area contributed by atoms with Crippen LogP contribution in [0.4, 0.5) is 5.82 Å². The minimum atomic E-state index is -0.449. The Morgan fingerprint density at radius 1 is 1.77 bits per heavy atom. The van der Waals surface area contributed by atoms with Crippen LogP contribution in [0.2, 0.25) is 0 Å². The molecule has 0 saturated heterocycles. The highest BCUT2D eigenvalue weighted by atomic mass is 16.1. The molecule has 5 heteroatoms. The van der Waals surface area contributed by atoms with Crippen LogP contribution in [-0.4, -0.2) is 15.7 Å². The van der Waals surface area contributed by atoms with Crippen LogP contribution >= 0.6 is 0 Å². The first-order chi connectivity index (χ1) is 6.09. The molecule has 0 aliphatic rings. The van der Waals surface area contributed by atoms with Gasteiger partial charge >= 0.3 is 0 Å². The molecule has 0 saturated carbocycles. The predicted octanol–water partition coefficient (Wildman–Crippen LogP) is -0.771. The quantitative estimate of drug-likeness (QED) is 0.553. The molecule has 1 aromatic heterocycles. The number of nitrogens with zero attached hydrogens (tertiary/aromatic N) is 2. The number of nitrogens with two attached hydrogens (primary N) is 2. The summed E-state index contributed by atoms with van der Waals surface area (Å²) in [5.74, 6) is 5.21. The monoisotopic (exact) mass is 178 g/mol. The standard InChI is InChI=1S/C8H10N4O/c1-12-5-6(8(10)11-12)3-2-4-7(9)13/h5H,4H2,1H3,(H2,9,13)(H2,10,11). The first kappa shape index (κ1) is 9.13. The van der Waals surface area contributed by atoms with E-state index in [-0.39, 0.29) is 6.42 Å². The van der Waals surface area contributed by atoms with Gasteiger partial charge in [-0.05, 0) is 0 Å². The van der Waals surface area contributed by atoms with Crippen molar-refractivity contribution in [1.82, 2.24) is 9.78 Å². The van der Waals surface area contributed by atoms with Crippen molar-refractivity contribution in [3.8, 4) is 11.8 Å². The van der Waals surface area contributed by atoms with E-state index in [0.29, 0.717) is 11.4 Å². The van der Waals surface area contributed by atoms with Crippen LogP contribution in [0.1, 0.15) is 12.0 Å². The highest BCUT2D eigenvalue weighted by Gasteiger charge is 1.98. The highest BCUT2D eigenvalue weighted by Crippen LogP contribution is 2.04. The zero-order chi connectivity index (χ0) is 9.84. The van der Waals surface area contributed by atoms with Gasteiger partial charge in [0.05, 0.1) is 12.0 Å². The molecule has 1 rings (SSSR count). The van der Waals surface area contributed by atoms with Crippen LogP contribution in [0.25, 0.3) is 0 Å². The van der Waals surface area contributed by atoms with Gasteiger partial charge in [0.25, 0.3) is 0 Å². The summed E-state index contributed by atoms with van der Waals surface area (Å²) >= 11 is 0. The van der Waals surface area contributed by atoms with Crippen molar-refractivity contribution in [1.29, 1.82) is 0 Å². The van der Waals surface area contributed by atoms with E-state index in [1.165, 1.54) is 0 Å². The van der Waals surface area contributed by atoms with Crippen molar-refractivity contribution in [2.45, 2.75) is 6.42 Å². The van der Waals surface area contributed by atoms with E-state index >= 15 is 0 Å². The molecule has 0 atom stereocenters. The van der Waals surface area contributed by atoms with E-state index in [2.05, 4.69) is 16.9 Å². The summed E-state index contributed by atoms with van der Waals surface area (Å²) in [4.78, 5) is 10.3. The Kier molecular flexibility index (Phi) is 2.55. The molecule has 13 heavy (non-hydrogen) atoms. The number of rotatable bonds is 1. The third kappa shape index (κ3) is 2.52. The van der Waals surface area contributed by atoms with Gasteiger partial charge in [-0.2, -0.15) is 5.10 Å². The number of carbonyl (C=O) groups is 1. The zero-order valence-corrected chi connectivity index (χ0v) is 7.24. The minimum Gasteiger partial charge on any atom is -0.381 e. The fourth-order valence-corrected chi connectivity index (χ4v) is 0.828. The van der Waals surface area contributed by atoms with E-state index in [4.69, 9.17) is 11.5 Å². The number of hydrogen-bond acceptors (Lipinski definition) is 3. The molecule has 1 aromatic rings. The SMILES string of the molecule is Cn1cc(C#CCC(N)=O)c(N)n1. The average molecular weight is 178 g/mol. The summed E-state index contributed by atoms with van der Waals surface area (Å²) in [7, 11) is 1.75. The van der Waals surface area contributed by atoms with Crippen molar-refractivity contribution in [3.05, 3.63) is 11.8 Å². The van der Waals surface area contributed by atoms with Gasteiger partial charge in [-0.25, -0.2) is 0 Å². The largest absolute Gasteiger partial charge is 0.381 e. The van der Waals surface area contributed by atoms with Crippen molar-refractivity contribution < 1.29 is 4.79 Å². The molecule has 0 unspecified atom stereocenters. The van der Waals surface area contributed by atoms with Gasteiger partial charge in [-0.3, -0.25) is 9.48 Å². The molecule has 5 nitrogen and oxygen atoms in total. The average Bonchev–Trinajstić information content (AvgIpc) is 2.29. The molecule has 0 aliphatic carbocycles. The lowest BCUT2D eigenvalue weighted by molar-refractivity contribution is -0.117. The third-order valence-corrected chi connectivity index (χ3v) is 1.34. The zero-order valence-electron chi connectivity index (χ0n) is 7.24. The molecule has 68 valence electrons. The van der Waals surface area contributed by atoms with Gasteiger partial charge in [-0.15, -0.1) is 0 Å². The van der Waals surface area contributed by atoms with Crippen LogP contribution in [0.15, 0.2) is 6.20 Å². The fraction of sp³-hybridized carbons (Fsp3) is 0.250. The number of primary amides is 1. The second-order valence-electron chi connectivity index (χ2n) is 2.55. The van der Waals surface area contributed by atoms with Crippen molar-refractivity contribution in [2.75, 3.05) is 5.73 Å². The van der Waals surface area contributed by atoms with E-state index in [1.807, 2.05) is 0 Å². The number of hydrogen-bond donors (Lipinski definition) is 2. The summed E-state index contributed by atoms with van der Waals surface area (Å²) in [5, 5.41) is 3.88. The predicted molar refractivity (Wildman–Crippen MR) is 48.3 cm³/mol.